The molecule has 0 atom stereocenters. The van der Waals surface area contributed by atoms with Gasteiger partial charge in [-0.3, -0.25) is 14.4 Å². The second-order valence-electron chi connectivity index (χ2n) is 8.53. The lowest BCUT2D eigenvalue weighted by Gasteiger charge is -2.20. The molecule has 4 rings (SSSR count). The monoisotopic (exact) mass is 473 g/mol. The van der Waals surface area contributed by atoms with E-state index in [-0.39, 0.29) is 29.7 Å². The molecule has 3 N–H and O–H groups in total. The average molecular weight is 474 g/mol. The van der Waals surface area contributed by atoms with Crippen molar-refractivity contribution in [2.75, 3.05) is 6.73 Å². The lowest BCUT2D eigenvalue weighted by atomic mass is 9.98. The van der Waals surface area contributed by atoms with Gasteiger partial charge in [0.05, 0.1) is 17.0 Å². The fraction of sp³-hybridized carbons (Fsp3) is 0.259. The van der Waals surface area contributed by atoms with Crippen LogP contribution in [0.25, 0.3) is 0 Å². The molecule has 3 aromatic rings. The van der Waals surface area contributed by atoms with Crippen LogP contribution in [-0.2, 0) is 9.53 Å². The van der Waals surface area contributed by atoms with Gasteiger partial charge < -0.3 is 20.5 Å². The molecular formula is C27H27N3O5. The van der Waals surface area contributed by atoms with Gasteiger partial charge >= 0.3 is 5.97 Å². The molecule has 0 radical (unpaired) electrons. The predicted molar refractivity (Wildman–Crippen MR) is 128 cm³/mol. The van der Waals surface area contributed by atoms with Gasteiger partial charge in [0, 0.05) is 12.3 Å². The summed E-state index contributed by atoms with van der Waals surface area (Å²) in [6.07, 6.45) is 3.44. The number of aromatic hydroxyl groups is 1. The minimum absolute atomic E-state index is 0.0662. The van der Waals surface area contributed by atoms with Crippen molar-refractivity contribution in [3.05, 3.63) is 95.3 Å². The van der Waals surface area contributed by atoms with Crippen LogP contribution in [0, 0.1) is 5.41 Å². The van der Waals surface area contributed by atoms with Crippen LogP contribution in [0.4, 0.5) is 0 Å². The molecule has 1 fully saturated rings. The number of esters is 1. The van der Waals surface area contributed by atoms with Crippen molar-refractivity contribution in [2.24, 2.45) is 5.41 Å². The molecule has 1 aromatic heterocycles. The highest BCUT2D eigenvalue weighted by Crippen LogP contribution is 2.49. The van der Waals surface area contributed by atoms with Crippen molar-refractivity contribution < 1.29 is 24.2 Å². The van der Waals surface area contributed by atoms with E-state index in [0.29, 0.717) is 6.42 Å². The van der Waals surface area contributed by atoms with Crippen LogP contribution in [0.15, 0.2) is 72.9 Å². The van der Waals surface area contributed by atoms with Gasteiger partial charge in [-0.05, 0) is 30.4 Å². The van der Waals surface area contributed by atoms with E-state index in [2.05, 4.69) is 15.6 Å². The van der Waals surface area contributed by atoms with E-state index in [1.807, 2.05) is 67.6 Å². The molecule has 0 saturated heterocycles. The number of carbonyl (C=O) groups excluding carboxylic acids is 3. The summed E-state index contributed by atoms with van der Waals surface area (Å²) in [5, 5.41) is 15.8. The van der Waals surface area contributed by atoms with Crippen LogP contribution in [-0.4, -0.2) is 34.6 Å². The Morgan fingerprint density at radius 1 is 1.00 bits per heavy atom. The summed E-state index contributed by atoms with van der Waals surface area (Å²) in [6, 6.07) is 19.6. The van der Waals surface area contributed by atoms with Gasteiger partial charge in [0.15, 0.2) is 6.73 Å². The van der Waals surface area contributed by atoms with E-state index >= 15 is 0 Å². The number of ether oxygens (including phenoxy) is 1. The van der Waals surface area contributed by atoms with E-state index in [1.54, 1.807) is 0 Å². The van der Waals surface area contributed by atoms with Gasteiger partial charge in [0.2, 0.25) is 0 Å². The molecule has 0 unspecified atom stereocenters. The summed E-state index contributed by atoms with van der Waals surface area (Å²) >= 11 is 0. The van der Waals surface area contributed by atoms with Gasteiger partial charge in [0.1, 0.15) is 11.4 Å². The minimum Gasteiger partial charge on any atom is -0.507 e. The second kappa shape index (κ2) is 10.4. The van der Waals surface area contributed by atoms with Crippen LogP contribution >= 0.6 is 0 Å². The first-order valence-corrected chi connectivity index (χ1v) is 11.5. The maximum atomic E-state index is 13.0. The molecule has 1 aliphatic rings. The maximum absolute atomic E-state index is 13.0. The maximum Gasteiger partial charge on any atom is 0.313 e. The quantitative estimate of drug-likeness (QED) is 0.322. The first kappa shape index (κ1) is 23.9. The van der Waals surface area contributed by atoms with Crippen LogP contribution in [0.1, 0.15) is 64.2 Å². The number of nitrogens with zero attached hydrogens (tertiary/aromatic N) is 1. The summed E-state index contributed by atoms with van der Waals surface area (Å²) in [6.45, 7) is 1.64. The molecule has 8 nitrogen and oxygen atoms in total. The highest BCUT2D eigenvalue weighted by Gasteiger charge is 2.49. The third-order valence-corrected chi connectivity index (χ3v) is 6.30. The summed E-state index contributed by atoms with van der Waals surface area (Å²) in [7, 11) is 0. The molecule has 1 saturated carbocycles. The number of nitrogens with one attached hydrogen (secondary N) is 2. The number of rotatable bonds is 9. The highest BCUT2D eigenvalue weighted by molar-refractivity contribution is 5.99. The van der Waals surface area contributed by atoms with Gasteiger partial charge in [0.25, 0.3) is 11.8 Å². The molecule has 8 heteroatoms. The average Bonchev–Trinajstić information content (AvgIpc) is 3.69. The predicted octanol–water partition coefficient (Wildman–Crippen LogP) is 3.73. The minimum atomic E-state index is -0.632. The van der Waals surface area contributed by atoms with Crippen molar-refractivity contribution in [2.45, 2.75) is 32.2 Å². The Morgan fingerprint density at radius 2 is 1.60 bits per heavy atom. The van der Waals surface area contributed by atoms with Gasteiger partial charge in [-0.15, -0.1) is 0 Å². The Balaban J connectivity index is 1.42. The molecule has 0 spiro atoms. The van der Waals surface area contributed by atoms with E-state index < -0.39 is 23.3 Å². The third kappa shape index (κ3) is 5.48. The van der Waals surface area contributed by atoms with E-state index in [0.717, 1.165) is 36.2 Å². The zero-order valence-corrected chi connectivity index (χ0v) is 19.4. The first-order chi connectivity index (χ1) is 16.9. The SMILES string of the molecule is CCC1(C(=O)OCNC(=O)c2cc(O)c(C(=O)NC(c3ccccc3)c3ccccc3)cn2)CC1. The van der Waals surface area contributed by atoms with Gasteiger partial charge in [-0.2, -0.15) is 0 Å². The lowest BCUT2D eigenvalue weighted by Crippen LogP contribution is -2.31. The molecular weight excluding hydrogens is 446 g/mol. The summed E-state index contributed by atoms with van der Waals surface area (Å²) < 4.78 is 5.15. The number of hydrogen-bond donors (Lipinski definition) is 3. The molecule has 35 heavy (non-hydrogen) atoms. The van der Waals surface area contributed by atoms with Crippen molar-refractivity contribution in [1.82, 2.24) is 15.6 Å². The summed E-state index contributed by atoms with van der Waals surface area (Å²) in [5.74, 6) is -1.88. The molecule has 2 aromatic carbocycles. The van der Waals surface area contributed by atoms with Crippen LogP contribution in [0.2, 0.25) is 0 Å². The van der Waals surface area contributed by atoms with E-state index in [4.69, 9.17) is 4.74 Å². The molecule has 1 heterocycles. The Kier molecular flexibility index (Phi) is 7.10. The Bertz CT molecular complexity index is 1170. The number of pyridine rings is 1. The molecule has 1 aliphatic carbocycles. The fourth-order valence-corrected chi connectivity index (χ4v) is 3.87. The first-order valence-electron chi connectivity index (χ1n) is 11.5. The van der Waals surface area contributed by atoms with Crippen LogP contribution < -0.4 is 10.6 Å². The van der Waals surface area contributed by atoms with Gasteiger partial charge in [-0.25, -0.2) is 4.98 Å². The van der Waals surface area contributed by atoms with E-state index in [9.17, 15) is 19.5 Å². The Hall–Kier alpha value is -4.20. The molecule has 0 aliphatic heterocycles. The molecule has 0 bridgehead atoms. The smallest absolute Gasteiger partial charge is 0.313 e. The topological polar surface area (TPSA) is 118 Å². The van der Waals surface area contributed by atoms with Crippen molar-refractivity contribution in [3.63, 3.8) is 0 Å². The van der Waals surface area contributed by atoms with Crippen LogP contribution in [0.5, 0.6) is 5.75 Å². The standard InChI is InChI=1S/C27H27N3O5/c1-2-27(13-14-27)26(34)35-17-29-25(33)21-15-22(31)20(16-28-21)24(32)30-23(18-9-5-3-6-10-18)19-11-7-4-8-12-19/h3-12,15-16,23H,2,13-14,17H2,1H3,(H,28,31)(H,29,33)(H,30,32). The summed E-state index contributed by atoms with van der Waals surface area (Å²) in [4.78, 5) is 41.5. The van der Waals surface area contributed by atoms with Crippen molar-refractivity contribution >= 4 is 17.8 Å². The Labute approximate surface area is 203 Å². The normalized spacial score (nSPS) is 13.7. The number of amides is 2. The Morgan fingerprint density at radius 3 is 2.11 bits per heavy atom. The summed E-state index contributed by atoms with van der Waals surface area (Å²) in [5.41, 5.74) is 1.17. The van der Waals surface area contributed by atoms with Gasteiger partial charge in [-0.1, -0.05) is 67.6 Å². The van der Waals surface area contributed by atoms with Crippen molar-refractivity contribution in [1.29, 1.82) is 0 Å². The number of carbonyl (C=O) groups is 3. The molecule has 180 valence electrons. The second-order valence-corrected chi connectivity index (χ2v) is 8.53. The van der Waals surface area contributed by atoms with E-state index in [1.165, 1.54) is 0 Å². The fourth-order valence-electron chi connectivity index (χ4n) is 3.87. The highest BCUT2D eigenvalue weighted by atomic mass is 16.5. The molecule has 2 amide bonds. The number of hydrogen-bond acceptors (Lipinski definition) is 6. The largest absolute Gasteiger partial charge is 0.507 e. The zero-order valence-electron chi connectivity index (χ0n) is 19.4. The number of aromatic nitrogens is 1. The third-order valence-electron chi connectivity index (χ3n) is 6.30. The van der Waals surface area contributed by atoms with Crippen molar-refractivity contribution in [3.8, 4) is 5.75 Å². The lowest BCUT2D eigenvalue weighted by molar-refractivity contribution is -0.150. The zero-order chi connectivity index (χ0) is 24.8. The number of benzene rings is 2. The van der Waals surface area contributed by atoms with Crippen LogP contribution in [0.3, 0.4) is 0 Å².